The molecule has 2 fully saturated rings. The summed E-state index contributed by atoms with van der Waals surface area (Å²) in [6, 6.07) is 7.42. The normalized spacial score (nSPS) is 25.3. The first-order chi connectivity index (χ1) is 10.6. The minimum Gasteiger partial charge on any atom is -0.348 e. The predicted molar refractivity (Wildman–Crippen MR) is 85.7 cm³/mol. The molecule has 1 aliphatic carbocycles. The largest absolute Gasteiger partial charge is 0.348 e. The molecule has 118 valence electrons. The molecule has 0 spiro atoms. The Hall–Kier alpha value is -1.88. The number of nitrogens with one attached hydrogen (secondary N) is 1. The maximum absolute atomic E-state index is 12.3. The summed E-state index contributed by atoms with van der Waals surface area (Å²) in [6.07, 6.45) is 5.61. The summed E-state index contributed by atoms with van der Waals surface area (Å²) in [6.45, 7) is 0.765. The van der Waals surface area contributed by atoms with E-state index in [1.54, 1.807) is 17.0 Å². The third-order valence-corrected chi connectivity index (χ3v) is 4.65. The monoisotopic (exact) mass is 301 g/mol. The Bertz CT molecular complexity index is 556. The van der Waals surface area contributed by atoms with Crippen LogP contribution in [-0.4, -0.2) is 30.4 Å². The zero-order valence-electron chi connectivity index (χ0n) is 12.8. The molecule has 1 saturated carbocycles. The van der Waals surface area contributed by atoms with Gasteiger partial charge >= 0.3 is 0 Å². The fourth-order valence-corrected chi connectivity index (χ4v) is 3.29. The number of rotatable bonds is 3. The van der Waals surface area contributed by atoms with Crippen LogP contribution in [0.2, 0.25) is 0 Å². The number of carbonyl (C=O) groups is 2. The summed E-state index contributed by atoms with van der Waals surface area (Å²) in [4.78, 5) is 26.0. The Morgan fingerprint density at radius 2 is 1.91 bits per heavy atom. The molecule has 2 amide bonds. The highest BCUT2D eigenvalue weighted by molar-refractivity contribution is 5.97. The van der Waals surface area contributed by atoms with Gasteiger partial charge in [0.15, 0.2) is 0 Å². The van der Waals surface area contributed by atoms with Gasteiger partial charge in [-0.2, -0.15) is 0 Å². The summed E-state index contributed by atoms with van der Waals surface area (Å²) < 4.78 is 0. The number of hydrogen-bond donors (Lipinski definition) is 2. The van der Waals surface area contributed by atoms with Gasteiger partial charge in [-0.15, -0.1) is 0 Å². The molecule has 2 aliphatic rings. The van der Waals surface area contributed by atoms with Crippen LogP contribution < -0.4 is 16.0 Å². The number of amides is 2. The molecule has 0 bridgehead atoms. The molecule has 5 heteroatoms. The van der Waals surface area contributed by atoms with Crippen molar-refractivity contribution in [2.24, 2.45) is 5.73 Å². The predicted octanol–water partition coefficient (Wildman–Crippen LogP) is 1.81. The van der Waals surface area contributed by atoms with E-state index in [0.29, 0.717) is 12.0 Å². The van der Waals surface area contributed by atoms with E-state index in [4.69, 9.17) is 5.73 Å². The minimum atomic E-state index is -0.0844. The lowest BCUT2D eigenvalue weighted by molar-refractivity contribution is -0.119. The Morgan fingerprint density at radius 1 is 1.14 bits per heavy atom. The lowest BCUT2D eigenvalue weighted by Crippen LogP contribution is -2.44. The van der Waals surface area contributed by atoms with Crippen molar-refractivity contribution in [3.63, 3.8) is 0 Å². The Balaban J connectivity index is 1.65. The maximum atomic E-state index is 12.3. The second-order valence-corrected chi connectivity index (χ2v) is 6.22. The van der Waals surface area contributed by atoms with E-state index in [0.717, 1.165) is 44.3 Å². The molecule has 1 aromatic carbocycles. The average molecular weight is 301 g/mol. The van der Waals surface area contributed by atoms with Gasteiger partial charge in [-0.25, -0.2) is 0 Å². The Kier molecular flexibility index (Phi) is 4.43. The van der Waals surface area contributed by atoms with Gasteiger partial charge in [0.05, 0.1) is 0 Å². The van der Waals surface area contributed by atoms with Gasteiger partial charge in [0, 0.05) is 36.3 Å². The molecule has 1 heterocycles. The van der Waals surface area contributed by atoms with Crippen molar-refractivity contribution < 1.29 is 9.59 Å². The zero-order valence-corrected chi connectivity index (χ0v) is 12.8. The summed E-state index contributed by atoms with van der Waals surface area (Å²) in [5, 5.41) is 3.01. The van der Waals surface area contributed by atoms with Crippen LogP contribution in [-0.2, 0) is 4.79 Å². The van der Waals surface area contributed by atoms with Crippen LogP contribution in [0, 0.1) is 0 Å². The smallest absolute Gasteiger partial charge is 0.251 e. The molecule has 2 unspecified atom stereocenters. The first kappa shape index (κ1) is 15.0. The van der Waals surface area contributed by atoms with E-state index in [1.807, 2.05) is 12.1 Å². The zero-order chi connectivity index (χ0) is 15.5. The molecule has 0 aromatic heterocycles. The Morgan fingerprint density at radius 3 is 2.55 bits per heavy atom. The second kappa shape index (κ2) is 6.48. The van der Waals surface area contributed by atoms with Gasteiger partial charge in [-0.3, -0.25) is 9.59 Å². The van der Waals surface area contributed by atoms with E-state index in [9.17, 15) is 9.59 Å². The number of nitrogens with zero attached hydrogens (tertiary/aromatic N) is 1. The van der Waals surface area contributed by atoms with Crippen molar-refractivity contribution >= 4 is 17.5 Å². The van der Waals surface area contributed by atoms with Gasteiger partial charge in [-0.05, 0) is 56.4 Å². The highest BCUT2D eigenvalue weighted by atomic mass is 16.2. The third kappa shape index (κ3) is 3.14. The third-order valence-electron chi connectivity index (χ3n) is 4.65. The molecule has 1 aromatic rings. The topological polar surface area (TPSA) is 75.4 Å². The van der Waals surface area contributed by atoms with E-state index in [1.165, 1.54) is 0 Å². The molecule has 0 radical (unpaired) electrons. The van der Waals surface area contributed by atoms with Gasteiger partial charge in [0.2, 0.25) is 5.91 Å². The van der Waals surface area contributed by atoms with Crippen molar-refractivity contribution in [2.45, 2.75) is 50.6 Å². The summed E-state index contributed by atoms with van der Waals surface area (Å²) in [5.74, 6) is 0.0826. The lowest BCUT2D eigenvalue weighted by atomic mass is 10.1. The van der Waals surface area contributed by atoms with Crippen molar-refractivity contribution in [3.05, 3.63) is 29.8 Å². The van der Waals surface area contributed by atoms with E-state index >= 15 is 0 Å². The second-order valence-electron chi connectivity index (χ2n) is 6.22. The summed E-state index contributed by atoms with van der Waals surface area (Å²) in [5.41, 5.74) is 7.48. The highest BCUT2D eigenvalue weighted by Crippen LogP contribution is 2.22. The quantitative estimate of drug-likeness (QED) is 0.894. The standard InChI is InChI=1S/C17H23N3O2/c18-14-4-3-5-15(14)19-17(22)12-7-9-13(10-8-12)20-11-2-1-6-16(20)21/h7-10,14-15H,1-6,11,18H2,(H,19,22). The number of carbonyl (C=O) groups excluding carboxylic acids is 2. The van der Waals surface area contributed by atoms with Gasteiger partial charge in [0.25, 0.3) is 5.91 Å². The molecule has 3 rings (SSSR count). The number of anilines is 1. The van der Waals surface area contributed by atoms with Crippen LogP contribution in [0.25, 0.3) is 0 Å². The molecule has 2 atom stereocenters. The molecular weight excluding hydrogens is 278 g/mol. The minimum absolute atomic E-state index is 0.0641. The van der Waals surface area contributed by atoms with E-state index < -0.39 is 0 Å². The van der Waals surface area contributed by atoms with Crippen LogP contribution in [0.3, 0.4) is 0 Å². The molecule has 3 N–H and O–H groups in total. The summed E-state index contributed by atoms with van der Waals surface area (Å²) in [7, 11) is 0. The first-order valence-electron chi connectivity index (χ1n) is 8.12. The fraction of sp³-hybridized carbons (Fsp3) is 0.529. The average Bonchev–Trinajstić information content (AvgIpc) is 2.93. The number of piperidine rings is 1. The summed E-state index contributed by atoms with van der Waals surface area (Å²) >= 11 is 0. The van der Waals surface area contributed by atoms with Gasteiger partial charge in [-0.1, -0.05) is 0 Å². The number of nitrogens with two attached hydrogens (primary N) is 1. The molecule has 5 nitrogen and oxygen atoms in total. The number of hydrogen-bond acceptors (Lipinski definition) is 3. The van der Waals surface area contributed by atoms with E-state index in [-0.39, 0.29) is 23.9 Å². The lowest BCUT2D eigenvalue weighted by Gasteiger charge is -2.27. The number of benzene rings is 1. The maximum Gasteiger partial charge on any atom is 0.251 e. The van der Waals surface area contributed by atoms with Gasteiger partial charge in [0.1, 0.15) is 0 Å². The van der Waals surface area contributed by atoms with Crippen molar-refractivity contribution in [2.75, 3.05) is 11.4 Å². The van der Waals surface area contributed by atoms with Crippen LogP contribution in [0.15, 0.2) is 24.3 Å². The first-order valence-corrected chi connectivity index (χ1v) is 8.12. The highest BCUT2D eigenvalue weighted by Gasteiger charge is 2.26. The molecule has 1 saturated heterocycles. The van der Waals surface area contributed by atoms with Crippen molar-refractivity contribution in [1.82, 2.24) is 5.32 Å². The molecular formula is C17H23N3O2. The Labute approximate surface area is 130 Å². The van der Waals surface area contributed by atoms with Crippen LogP contribution >= 0.6 is 0 Å². The molecule has 1 aliphatic heterocycles. The van der Waals surface area contributed by atoms with Gasteiger partial charge < -0.3 is 16.0 Å². The van der Waals surface area contributed by atoms with Crippen molar-refractivity contribution in [1.29, 1.82) is 0 Å². The van der Waals surface area contributed by atoms with Crippen LogP contribution in [0.5, 0.6) is 0 Å². The fourth-order valence-electron chi connectivity index (χ4n) is 3.29. The van der Waals surface area contributed by atoms with Crippen LogP contribution in [0.4, 0.5) is 5.69 Å². The molecule has 22 heavy (non-hydrogen) atoms. The SMILES string of the molecule is NC1CCCC1NC(=O)c1ccc(N2CCCCC2=O)cc1. The van der Waals surface area contributed by atoms with Crippen LogP contribution in [0.1, 0.15) is 48.9 Å². The van der Waals surface area contributed by atoms with Crippen molar-refractivity contribution in [3.8, 4) is 0 Å². The van der Waals surface area contributed by atoms with E-state index in [2.05, 4.69) is 5.32 Å².